The van der Waals surface area contributed by atoms with Gasteiger partial charge < -0.3 is 11.1 Å². The van der Waals surface area contributed by atoms with Gasteiger partial charge in [-0.05, 0) is 43.2 Å². The van der Waals surface area contributed by atoms with Crippen LogP contribution in [-0.4, -0.2) is 16.0 Å². The molecule has 1 aliphatic carbocycles. The lowest BCUT2D eigenvalue weighted by molar-refractivity contribution is 0.509. The smallest absolute Gasteiger partial charge is 0.136 e. The Morgan fingerprint density at radius 2 is 2.21 bits per heavy atom. The number of pyridine rings is 1. The van der Waals surface area contributed by atoms with Crippen molar-refractivity contribution in [2.24, 2.45) is 11.7 Å². The number of rotatable bonds is 5. The van der Waals surface area contributed by atoms with Crippen LogP contribution in [-0.2, 0) is 12.8 Å². The van der Waals surface area contributed by atoms with Crippen LogP contribution in [0.5, 0.6) is 0 Å². The minimum atomic E-state index is 0.403. The molecular weight excluding hydrogens is 254 g/mol. The summed E-state index contributed by atoms with van der Waals surface area (Å²) in [5, 5.41) is 3.53. The highest BCUT2D eigenvalue weighted by atomic mass is 32.1. The number of nitrogens with one attached hydrogen (secondary N) is 1. The molecule has 0 spiro atoms. The topological polar surface area (TPSA) is 50.9 Å². The number of nitrogens with zero attached hydrogens (tertiary/aromatic N) is 1. The quantitative estimate of drug-likeness (QED) is 0.812. The monoisotopic (exact) mass is 277 g/mol. The Balaban J connectivity index is 2.35. The van der Waals surface area contributed by atoms with E-state index < -0.39 is 0 Å². The number of nitrogens with two attached hydrogens (primary N) is 1. The first-order valence-electron chi connectivity index (χ1n) is 7.12. The zero-order valence-electron chi connectivity index (χ0n) is 12.0. The highest BCUT2D eigenvalue weighted by molar-refractivity contribution is 7.80. The van der Waals surface area contributed by atoms with E-state index in [4.69, 9.17) is 22.9 Å². The van der Waals surface area contributed by atoms with Crippen molar-refractivity contribution in [2.75, 3.05) is 5.32 Å². The third-order valence-corrected chi connectivity index (χ3v) is 4.10. The van der Waals surface area contributed by atoms with Crippen LogP contribution >= 0.6 is 12.2 Å². The second-order valence-corrected chi connectivity index (χ2v) is 6.05. The molecule has 3 nitrogen and oxygen atoms in total. The van der Waals surface area contributed by atoms with Crippen molar-refractivity contribution in [3.8, 4) is 0 Å². The van der Waals surface area contributed by atoms with Crippen LogP contribution in [0.1, 0.15) is 50.4 Å². The van der Waals surface area contributed by atoms with Gasteiger partial charge in [0.05, 0.1) is 5.56 Å². The minimum absolute atomic E-state index is 0.403. The van der Waals surface area contributed by atoms with Crippen LogP contribution in [0.25, 0.3) is 0 Å². The molecule has 0 aromatic carbocycles. The molecule has 0 aliphatic heterocycles. The Hall–Kier alpha value is -1.16. The van der Waals surface area contributed by atoms with Gasteiger partial charge in [-0.3, -0.25) is 0 Å². The molecule has 0 radical (unpaired) electrons. The zero-order valence-corrected chi connectivity index (χ0v) is 12.8. The number of aryl methyl sites for hydroxylation is 2. The molecule has 0 fully saturated rings. The van der Waals surface area contributed by atoms with E-state index in [1.54, 1.807) is 0 Å². The van der Waals surface area contributed by atoms with Crippen LogP contribution in [0.4, 0.5) is 5.82 Å². The second-order valence-electron chi connectivity index (χ2n) is 5.61. The number of fused-ring (bicyclic) bond motifs is 1. The van der Waals surface area contributed by atoms with E-state index in [9.17, 15) is 0 Å². The summed E-state index contributed by atoms with van der Waals surface area (Å²) < 4.78 is 0. The Kier molecular flexibility index (Phi) is 4.40. The number of anilines is 1. The van der Waals surface area contributed by atoms with Crippen molar-refractivity contribution in [1.82, 2.24) is 4.98 Å². The molecule has 1 atom stereocenters. The van der Waals surface area contributed by atoms with Crippen molar-refractivity contribution in [3.05, 3.63) is 22.9 Å². The van der Waals surface area contributed by atoms with Crippen molar-refractivity contribution in [2.45, 2.75) is 52.5 Å². The second kappa shape index (κ2) is 5.87. The SMILES string of the molecule is CCC(Nc1nc2c(cc1C(N)=S)CCC2)C(C)C. The summed E-state index contributed by atoms with van der Waals surface area (Å²) in [5.74, 6) is 1.42. The zero-order chi connectivity index (χ0) is 14.0. The number of hydrogen-bond donors (Lipinski definition) is 2. The molecule has 1 aliphatic rings. The van der Waals surface area contributed by atoms with Gasteiger partial charge in [-0.15, -0.1) is 0 Å². The van der Waals surface area contributed by atoms with Gasteiger partial charge in [-0.25, -0.2) is 4.98 Å². The minimum Gasteiger partial charge on any atom is -0.389 e. The van der Waals surface area contributed by atoms with Crippen molar-refractivity contribution in [3.63, 3.8) is 0 Å². The standard InChI is InChI=1S/C15H23N3S/c1-4-12(9(2)3)17-15-11(14(16)19)8-10-6-5-7-13(10)18-15/h8-9,12H,4-7H2,1-3H3,(H2,16,19)(H,17,18). The van der Waals surface area contributed by atoms with E-state index >= 15 is 0 Å². The third-order valence-electron chi connectivity index (χ3n) is 3.88. The van der Waals surface area contributed by atoms with Crippen molar-refractivity contribution >= 4 is 23.0 Å². The number of hydrogen-bond acceptors (Lipinski definition) is 3. The summed E-state index contributed by atoms with van der Waals surface area (Å²) in [6, 6.07) is 2.53. The van der Waals surface area contributed by atoms with Gasteiger partial charge in [0, 0.05) is 11.7 Å². The fraction of sp³-hybridized carbons (Fsp3) is 0.600. The lowest BCUT2D eigenvalue weighted by atomic mass is 10.0. The van der Waals surface area contributed by atoms with Crippen molar-refractivity contribution in [1.29, 1.82) is 0 Å². The average molecular weight is 277 g/mol. The van der Waals surface area contributed by atoms with E-state index in [0.29, 0.717) is 16.9 Å². The van der Waals surface area contributed by atoms with Crippen LogP contribution in [0.2, 0.25) is 0 Å². The maximum atomic E-state index is 5.85. The summed E-state index contributed by atoms with van der Waals surface area (Å²) in [7, 11) is 0. The number of aromatic nitrogens is 1. The fourth-order valence-electron chi connectivity index (χ4n) is 2.69. The van der Waals surface area contributed by atoms with E-state index in [-0.39, 0.29) is 0 Å². The lowest BCUT2D eigenvalue weighted by Gasteiger charge is -2.23. The van der Waals surface area contributed by atoms with E-state index in [1.165, 1.54) is 17.7 Å². The van der Waals surface area contributed by atoms with Gasteiger partial charge in [-0.2, -0.15) is 0 Å². The molecule has 1 heterocycles. The van der Waals surface area contributed by atoms with Gasteiger partial charge in [0.2, 0.25) is 0 Å². The normalized spacial score (nSPS) is 15.4. The highest BCUT2D eigenvalue weighted by Crippen LogP contribution is 2.26. The van der Waals surface area contributed by atoms with Crippen LogP contribution in [0.3, 0.4) is 0 Å². The van der Waals surface area contributed by atoms with Crippen LogP contribution in [0, 0.1) is 5.92 Å². The first kappa shape index (κ1) is 14.3. The Morgan fingerprint density at radius 3 is 2.79 bits per heavy atom. The first-order valence-corrected chi connectivity index (χ1v) is 7.52. The van der Waals surface area contributed by atoms with Crippen LogP contribution in [0.15, 0.2) is 6.07 Å². The molecule has 19 heavy (non-hydrogen) atoms. The molecule has 4 heteroatoms. The van der Waals surface area contributed by atoms with Crippen molar-refractivity contribution < 1.29 is 0 Å². The van der Waals surface area contributed by atoms with Crippen LogP contribution < -0.4 is 11.1 Å². The molecular formula is C15H23N3S. The molecule has 0 amide bonds. The van der Waals surface area contributed by atoms with Gasteiger partial charge in [0.25, 0.3) is 0 Å². The van der Waals surface area contributed by atoms with E-state index in [1.807, 2.05) is 0 Å². The summed E-state index contributed by atoms with van der Waals surface area (Å²) in [4.78, 5) is 5.20. The predicted octanol–water partition coefficient (Wildman–Crippen LogP) is 3.05. The molecule has 1 aromatic rings. The molecule has 104 valence electrons. The maximum Gasteiger partial charge on any atom is 0.136 e. The fourth-order valence-corrected chi connectivity index (χ4v) is 2.84. The molecule has 0 saturated heterocycles. The van der Waals surface area contributed by atoms with Gasteiger partial charge >= 0.3 is 0 Å². The summed E-state index contributed by atoms with van der Waals surface area (Å²) in [6.07, 6.45) is 4.41. The van der Waals surface area contributed by atoms with Gasteiger partial charge in [0.1, 0.15) is 10.8 Å². The predicted molar refractivity (Wildman–Crippen MR) is 84.7 cm³/mol. The Bertz CT molecular complexity index is 483. The summed E-state index contributed by atoms with van der Waals surface area (Å²) in [5.41, 5.74) is 9.27. The molecule has 0 bridgehead atoms. The Labute approximate surface area is 121 Å². The maximum absolute atomic E-state index is 5.85. The summed E-state index contributed by atoms with van der Waals surface area (Å²) in [6.45, 7) is 6.62. The summed E-state index contributed by atoms with van der Waals surface area (Å²) >= 11 is 5.17. The number of thiocarbonyl (C=S) groups is 1. The molecule has 0 saturated carbocycles. The van der Waals surface area contributed by atoms with Gasteiger partial charge in [0.15, 0.2) is 0 Å². The highest BCUT2D eigenvalue weighted by Gasteiger charge is 2.20. The molecule has 1 aromatic heterocycles. The van der Waals surface area contributed by atoms with E-state index in [0.717, 1.165) is 30.6 Å². The lowest BCUT2D eigenvalue weighted by Crippen LogP contribution is -2.27. The van der Waals surface area contributed by atoms with E-state index in [2.05, 4.69) is 32.2 Å². The Morgan fingerprint density at radius 1 is 1.47 bits per heavy atom. The largest absolute Gasteiger partial charge is 0.389 e. The first-order chi connectivity index (χ1) is 9.02. The molecule has 3 N–H and O–H groups in total. The third kappa shape index (κ3) is 3.06. The molecule has 2 rings (SSSR count). The molecule has 1 unspecified atom stereocenters. The average Bonchev–Trinajstić information content (AvgIpc) is 2.81. The van der Waals surface area contributed by atoms with Gasteiger partial charge in [-0.1, -0.05) is 33.0 Å².